The van der Waals surface area contributed by atoms with Gasteiger partial charge in [-0.3, -0.25) is 9.59 Å². The average molecular weight is 486 g/mol. The molecule has 29 heavy (non-hydrogen) atoms. The van der Waals surface area contributed by atoms with E-state index in [0.717, 1.165) is 23.7 Å². The number of amides is 1. The van der Waals surface area contributed by atoms with Crippen LogP contribution in [0.15, 0.2) is 33.6 Å². The number of benzene rings is 1. The van der Waals surface area contributed by atoms with Crippen LogP contribution in [-0.2, 0) is 24.2 Å². The van der Waals surface area contributed by atoms with Crippen LogP contribution in [0.5, 0.6) is 0 Å². The molecule has 2 fully saturated rings. The molecule has 1 aliphatic carbocycles. The van der Waals surface area contributed by atoms with Gasteiger partial charge in [0.1, 0.15) is 0 Å². The van der Waals surface area contributed by atoms with Crippen molar-refractivity contribution in [1.82, 2.24) is 4.90 Å². The van der Waals surface area contributed by atoms with Gasteiger partial charge in [-0.15, -0.1) is 0 Å². The summed E-state index contributed by atoms with van der Waals surface area (Å²) in [7, 11) is -3.93. The first-order chi connectivity index (χ1) is 13.7. The van der Waals surface area contributed by atoms with Gasteiger partial charge in [0, 0.05) is 16.6 Å². The molecule has 1 heterocycles. The molecule has 0 unspecified atom stereocenters. The van der Waals surface area contributed by atoms with Crippen molar-refractivity contribution in [2.75, 3.05) is 6.61 Å². The van der Waals surface area contributed by atoms with Gasteiger partial charge in [0.15, 0.2) is 21.2 Å². The summed E-state index contributed by atoms with van der Waals surface area (Å²) in [5, 5.41) is 0. The minimum absolute atomic E-state index is 0.0943. The zero-order valence-electron chi connectivity index (χ0n) is 16.9. The normalized spacial score (nSPS) is 24.3. The highest BCUT2D eigenvalue weighted by molar-refractivity contribution is 9.10. The van der Waals surface area contributed by atoms with Crippen LogP contribution < -0.4 is 0 Å². The van der Waals surface area contributed by atoms with Gasteiger partial charge in [0.2, 0.25) is 0 Å². The maximum atomic E-state index is 13.3. The minimum Gasteiger partial charge on any atom is -0.454 e. The molecule has 0 bridgehead atoms. The lowest BCUT2D eigenvalue weighted by atomic mass is 9.97. The molecule has 2 aliphatic rings. The number of halogens is 1. The average Bonchev–Trinajstić information content (AvgIpc) is 3.18. The molecule has 0 aromatic heterocycles. The van der Waals surface area contributed by atoms with Crippen molar-refractivity contribution in [3.8, 4) is 0 Å². The smallest absolute Gasteiger partial charge is 0.328 e. The molecule has 2 atom stereocenters. The largest absolute Gasteiger partial charge is 0.454 e. The third-order valence-electron chi connectivity index (χ3n) is 6.23. The van der Waals surface area contributed by atoms with Gasteiger partial charge < -0.3 is 9.64 Å². The van der Waals surface area contributed by atoms with Crippen molar-refractivity contribution in [1.29, 1.82) is 0 Å². The number of hydrogen-bond donors (Lipinski definition) is 0. The molecule has 8 heteroatoms. The van der Waals surface area contributed by atoms with Crippen molar-refractivity contribution < 1.29 is 22.7 Å². The minimum atomic E-state index is -3.93. The zero-order valence-corrected chi connectivity index (χ0v) is 19.3. The summed E-state index contributed by atoms with van der Waals surface area (Å²) in [6.45, 7) is 3.57. The highest BCUT2D eigenvalue weighted by atomic mass is 79.9. The Morgan fingerprint density at radius 2 is 1.62 bits per heavy atom. The van der Waals surface area contributed by atoms with E-state index in [-0.39, 0.29) is 35.7 Å². The van der Waals surface area contributed by atoms with Crippen molar-refractivity contribution in [2.45, 2.75) is 80.5 Å². The fraction of sp³-hybridized carbons (Fsp3) is 0.619. The van der Waals surface area contributed by atoms with E-state index in [0.29, 0.717) is 12.8 Å². The second-order valence-corrected chi connectivity index (χ2v) is 11.3. The summed E-state index contributed by atoms with van der Waals surface area (Å²) in [4.78, 5) is 27.6. The van der Waals surface area contributed by atoms with E-state index < -0.39 is 27.2 Å². The van der Waals surface area contributed by atoms with Crippen LogP contribution in [0.25, 0.3) is 0 Å². The second kappa shape index (κ2) is 8.76. The van der Waals surface area contributed by atoms with E-state index in [9.17, 15) is 18.0 Å². The Labute approximate surface area is 181 Å². The van der Waals surface area contributed by atoms with Gasteiger partial charge in [-0.1, -0.05) is 28.8 Å². The number of carbonyl (C=O) groups excluding carboxylic acids is 2. The number of carbonyl (C=O) groups is 2. The molecule has 1 saturated carbocycles. The van der Waals surface area contributed by atoms with Crippen LogP contribution in [-0.4, -0.2) is 48.6 Å². The van der Waals surface area contributed by atoms with Gasteiger partial charge in [-0.2, -0.15) is 0 Å². The fourth-order valence-corrected chi connectivity index (χ4v) is 6.93. The molecule has 6 nitrogen and oxygen atoms in total. The number of sulfone groups is 1. The molecule has 1 amide bonds. The van der Waals surface area contributed by atoms with Crippen molar-refractivity contribution in [3.05, 3.63) is 28.7 Å². The van der Waals surface area contributed by atoms with Gasteiger partial charge in [0.05, 0.1) is 4.90 Å². The Bertz CT molecular complexity index is 852. The predicted molar refractivity (Wildman–Crippen MR) is 113 cm³/mol. The lowest BCUT2D eigenvalue weighted by Crippen LogP contribution is -2.50. The van der Waals surface area contributed by atoms with Crippen molar-refractivity contribution in [2.24, 2.45) is 0 Å². The Morgan fingerprint density at radius 3 is 2.17 bits per heavy atom. The third kappa shape index (κ3) is 4.24. The van der Waals surface area contributed by atoms with Crippen molar-refractivity contribution in [3.63, 3.8) is 0 Å². The summed E-state index contributed by atoms with van der Waals surface area (Å²) in [6.07, 6.45) is 4.63. The molecule has 0 N–H and O–H groups in total. The van der Waals surface area contributed by atoms with Gasteiger partial charge in [-0.25, -0.2) is 8.42 Å². The molecule has 3 rings (SSSR count). The summed E-state index contributed by atoms with van der Waals surface area (Å²) < 4.78 is 31.2. The van der Waals surface area contributed by atoms with Crippen LogP contribution in [0.3, 0.4) is 0 Å². The molecule has 0 radical (unpaired) electrons. The monoisotopic (exact) mass is 485 g/mol. The first kappa shape index (κ1) is 22.3. The Kier molecular flexibility index (Phi) is 6.73. The van der Waals surface area contributed by atoms with E-state index in [1.54, 1.807) is 17.0 Å². The summed E-state index contributed by atoms with van der Waals surface area (Å²) in [5.41, 5.74) is 0. The lowest BCUT2D eigenvalue weighted by molar-refractivity contribution is -0.156. The number of likely N-dealkylation sites (tertiary alicyclic amines) is 1. The van der Waals surface area contributed by atoms with Crippen LogP contribution in [0.1, 0.15) is 58.8 Å². The van der Waals surface area contributed by atoms with E-state index >= 15 is 0 Å². The molecular weight excluding hydrogens is 458 g/mol. The molecule has 1 aliphatic heterocycles. The van der Waals surface area contributed by atoms with Crippen LogP contribution in [0, 0.1) is 0 Å². The number of ether oxygens (including phenoxy) is 1. The molecule has 0 spiro atoms. The lowest BCUT2D eigenvalue weighted by Gasteiger charge is -2.39. The van der Waals surface area contributed by atoms with Crippen molar-refractivity contribution >= 4 is 37.6 Å². The van der Waals surface area contributed by atoms with Gasteiger partial charge in [-0.05, 0) is 70.2 Å². The first-order valence-corrected chi connectivity index (χ1v) is 12.5. The molecule has 1 aromatic carbocycles. The maximum absolute atomic E-state index is 13.3. The number of hydrogen-bond acceptors (Lipinski definition) is 5. The number of rotatable bonds is 5. The molecule has 1 aromatic rings. The Balaban J connectivity index is 1.77. The van der Waals surface area contributed by atoms with E-state index in [1.807, 2.05) is 13.8 Å². The number of esters is 1. The SMILES string of the molecule is C[C@H]1CCC[C@H](C)N1C(=O)COC(=O)C1(S(=O)(=O)c2ccc(Br)cc2)CCCC1. The van der Waals surface area contributed by atoms with Gasteiger partial charge in [0.25, 0.3) is 5.91 Å². The van der Waals surface area contributed by atoms with Gasteiger partial charge >= 0.3 is 5.97 Å². The van der Waals surface area contributed by atoms with E-state index in [1.165, 1.54) is 12.1 Å². The Morgan fingerprint density at radius 1 is 1.07 bits per heavy atom. The number of nitrogens with zero attached hydrogens (tertiary/aromatic N) is 1. The summed E-state index contributed by atoms with van der Waals surface area (Å²) in [5.74, 6) is -1.06. The number of piperidine rings is 1. The Hall–Kier alpha value is -1.41. The predicted octanol–water partition coefficient (Wildman–Crippen LogP) is 3.87. The molecule has 160 valence electrons. The van der Waals surface area contributed by atoms with E-state index in [2.05, 4.69) is 15.9 Å². The zero-order chi connectivity index (χ0) is 21.2. The highest BCUT2D eigenvalue weighted by Gasteiger charge is 2.54. The van der Waals surface area contributed by atoms with Crippen LogP contribution >= 0.6 is 15.9 Å². The summed E-state index contributed by atoms with van der Waals surface area (Å²) >= 11 is 3.30. The highest BCUT2D eigenvalue weighted by Crippen LogP contribution is 2.41. The quantitative estimate of drug-likeness (QED) is 0.591. The topological polar surface area (TPSA) is 80.8 Å². The first-order valence-electron chi connectivity index (χ1n) is 10.2. The summed E-state index contributed by atoms with van der Waals surface area (Å²) in [6, 6.07) is 6.46. The fourth-order valence-electron chi connectivity index (χ4n) is 4.61. The van der Waals surface area contributed by atoms with Crippen LogP contribution in [0.2, 0.25) is 0 Å². The van der Waals surface area contributed by atoms with E-state index in [4.69, 9.17) is 4.74 Å². The molecular formula is C21H28BrNO5S. The van der Waals surface area contributed by atoms with Crippen LogP contribution in [0.4, 0.5) is 0 Å². The third-order valence-corrected chi connectivity index (χ3v) is 9.25. The molecule has 1 saturated heterocycles. The second-order valence-electron chi connectivity index (χ2n) is 8.16. The standard InChI is InChI=1S/C21H28BrNO5S/c1-15-6-5-7-16(2)23(15)19(24)14-28-20(25)21(12-3-4-13-21)29(26,27)18-10-8-17(22)9-11-18/h8-11,15-16H,3-7,12-14H2,1-2H3/t15-,16-/m0/s1. The maximum Gasteiger partial charge on any atom is 0.328 e.